The zero-order valence-corrected chi connectivity index (χ0v) is 18.7. The first-order valence-corrected chi connectivity index (χ1v) is 13.7. The number of unbranched alkanes of at least 4 members (excludes halogenated alkanes) is 4. The predicted molar refractivity (Wildman–Crippen MR) is 122 cm³/mol. The third kappa shape index (κ3) is 9.01. The Bertz CT molecular complexity index is 794. The summed E-state index contributed by atoms with van der Waals surface area (Å²) in [5, 5.41) is 8.61. The minimum Gasteiger partial charge on any atom is -0.494 e. The van der Waals surface area contributed by atoms with Crippen molar-refractivity contribution in [2.24, 2.45) is 10.2 Å². The summed E-state index contributed by atoms with van der Waals surface area (Å²) in [5.41, 5.74) is 6.04. The largest absolute Gasteiger partial charge is 0.494 e. The van der Waals surface area contributed by atoms with Crippen LogP contribution in [0.5, 0.6) is 5.75 Å². The molecule has 3 nitrogen and oxygen atoms in total. The first-order chi connectivity index (χ1) is 13.5. The van der Waals surface area contributed by atoms with Gasteiger partial charge in [0.1, 0.15) is 13.8 Å². The van der Waals surface area contributed by atoms with E-state index in [0.717, 1.165) is 35.7 Å². The van der Waals surface area contributed by atoms with Crippen molar-refractivity contribution in [2.45, 2.75) is 58.7 Å². The van der Waals surface area contributed by atoms with Crippen molar-refractivity contribution >= 4 is 19.4 Å². The summed E-state index contributed by atoms with van der Waals surface area (Å²) in [5.74, 6) is 4.14. The van der Waals surface area contributed by atoms with Crippen molar-refractivity contribution in [3.63, 3.8) is 0 Å². The number of hydrogen-bond acceptors (Lipinski definition) is 3. The minimum atomic E-state index is -1.35. The first kappa shape index (κ1) is 21.9. The van der Waals surface area contributed by atoms with Gasteiger partial charge in [0.25, 0.3) is 0 Å². The van der Waals surface area contributed by atoms with Crippen LogP contribution in [0.3, 0.4) is 0 Å². The van der Waals surface area contributed by atoms with E-state index >= 15 is 0 Å². The molecule has 0 spiro atoms. The molecule has 0 unspecified atom stereocenters. The molecular formula is C24H32N2OSi. The molecule has 0 fully saturated rings. The molecule has 2 aromatic carbocycles. The quantitative estimate of drug-likeness (QED) is 0.186. The fourth-order valence-corrected chi connectivity index (χ4v) is 3.01. The predicted octanol–water partition coefficient (Wildman–Crippen LogP) is 7.68. The highest BCUT2D eigenvalue weighted by atomic mass is 28.3. The summed E-state index contributed by atoms with van der Waals surface area (Å²) in [4.78, 5) is 0. The van der Waals surface area contributed by atoms with Gasteiger partial charge in [-0.3, -0.25) is 0 Å². The third-order valence-corrected chi connectivity index (χ3v) is 4.96. The van der Waals surface area contributed by atoms with Gasteiger partial charge in [0.15, 0.2) is 0 Å². The molecular weight excluding hydrogens is 360 g/mol. The molecule has 0 amide bonds. The van der Waals surface area contributed by atoms with Gasteiger partial charge in [-0.15, -0.1) is 5.54 Å². The van der Waals surface area contributed by atoms with Gasteiger partial charge in [-0.05, 0) is 55.0 Å². The van der Waals surface area contributed by atoms with Crippen LogP contribution in [-0.4, -0.2) is 14.7 Å². The monoisotopic (exact) mass is 392 g/mol. The van der Waals surface area contributed by atoms with Gasteiger partial charge in [-0.2, -0.15) is 10.2 Å². The zero-order valence-electron chi connectivity index (χ0n) is 17.7. The van der Waals surface area contributed by atoms with Gasteiger partial charge >= 0.3 is 0 Å². The highest BCUT2D eigenvalue weighted by Gasteiger charge is 2.07. The van der Waals surface area contributed by atoms with Crippen LogP contribution >= 0.6 is 0 Å². The summed E-state index contributed by atoms with van der Waals surface area (Å²) in [6.45, 7) is 9.73. The Morgan fingerprint density at radius 2 is 1.36 bits per heavy atom. The van der Waals surface area contributed by atoms with Crippen molar-refractivity contribution in [3.8, 4) is 17.2 Å². The molecule has 28 heavy (non-hydrogen) atoms. The Morgan fingerprint density at radius 1 is 0.786 bits per heavy atom. The first-order valence-electron chi connectivity index (χ1n) is 10.2. The zero-order chi connectivity index (χ0) is 20.2. The Morgan fingerprint density at radius 3 is 1.93 bits per heavy atom. The molecule has 0 saturated heterocycles. The molecule has 0 aliphatic carbocycles. The smallest absolute Gasteiger partial charge is 0.129 e. The lowest BCUT2D eigenvalue weighted by Gasteiger charge is -2.06. The molecule has 0 atom stereocenters. The fourth-order valence-electron chi connectivity index (χ4n) is 2.49. The van der Waals surface area contributed by atoms with Crippen molar-refractivity contribution in [3.05, 3.63) is 54.1 Å². The summed E-state index contributed by atoms with van der Waals surface area (Å²) < 4.78 is 5.78. The Labute approximate surface area is 171 Å². The van der Waals surface area contributed by atoms with E-state index in [1.807, 2.05) is 48.5 Å². The number of benzene rings is 2. The van der Waals surface area contributed by atoms with E-state index < -0.39 is 8.07 Å². The number of azo groups is 1. The van der Waals surface area contributed by atoms with Crippen LogP contribution in [0.2, 0.25) is 19.6 Å². The van der Waals surface area contributed by atoms with E-state index in [1.54, 1.807) is 0 Å². The molecule has 2 rings (SSSR count). The van der Waals surface area contributed by atoms with Crippen molar-refractivity contribution in [2.75, 3.05) is 6.61 Å². The van der Waals surface area contributed by atoms with Crippen LogP contribution in [-0.2, 0) is 0 Å². The summed E-state index contributed by atoms with van der Waals surface area (Å²) in [6, 6.07) is 15.7. The van der Waals surface area contributed by atoms with E-state index in [9.17, 15) is 0 Å². The van der Waals surface area contributed by atoms with E-state index in [4.69, 9.17) is 4.74 Å². The lowest BCUT2D eigenvalue weighted by Crippen LogP contribution is -2.16. The molecule has 0 aliphatic heterocycles. The molecule has 0 radical (unpaired) electrons. The minimum absolute atomic E-state index is 0.775. The second-order valence-corrected chi connectivity index (χ2v) is 12.8. The molecule has 148 valence electrons. The lowest BCUT2D eigenvalue weighted by atomic mass is 10.2. The maximum atomic E-state index is 5.78. The Hall–Kier alpha value is -2.38. The number of rotatable bonds is 9. The van der Waals surface area contributed by atoms with Gasteiger partial charge < -0.3 is 4.74 Å². The van der Waals surface area contributed by atoms with Crippen LogP contribution in [0.1, 0.15) is 44.6 Å². The average molecular weight is 393 g/mol. The number of ether oxygens (including phenoxy) is 1. The van der Waals surface area contributed by atoms with E-state index in [-0.39, 0.29) is 0 Å². The molecule has 0 bridgehead atoms. The van der Waals surface area contributed by atoms with Crippen LogP contribution < -0.4 is 4.74 Å². The molecule has 0 aliphatic rings. The van der Waals surface area contributed by atoms with E-state index in [1.165, 1.54) is 25.7 Å². The van der Waals surface area contributed by atoms with Gasteiger partial charge in [-0.1, -0.05) is 58.2 Å². The maximum Gasteiger partial charge on any atom is 0.129 e. The summed E-state index contributed by atoms with van der Waals surface area (Å²) >= 11 is 0. The standard InChI is InChI=1S/C24H32N2OSi/c1-5-6-7-8-9-19-27-24-16-14-23(15-17-24)26-25-22-12-10-21(11-13-22)18-20-28(2,3)4/h10-17H,5-9,19H2,1-4H3. The highest BCUT2D eigenvalue weighted by molar-refractivity contribution is 6.83. The third-order valence-electron chi connectivity index (χ3n) is 4.08. The van der Waals surface area contributed by atoms with Gasteiger partial charge in [0.2, 0.25) is 0 Å². The van der Waals surface area contributed by atoms with Crippen molar-refractivity contribution in [1.29, 1.82) is 0 Å². The van der Waals surface area contributed by atoms with Crippen molar-refractivity contribution in [1.82, 2.24) is 0 Å². The summed E-state index contributed by atoms with van der Waals surface area (Å²) in [6.07, 6.45) is 6.23. The molecule has 0 N–H and O–H groups in total. The van der Waals surface area contributed by atoms with E-state index in [0.29, 0.717) is 0 Å². The van der Waals surface area contributed by atoms with Gasteiger partial charge in [0, 0.05) is 5.56 Å². The van der Waals surface area contributed by atoms with Crippen LogP contribution in [0.15, 0.2) is 58.8 Å². The fraction of sp³-hybridized carbons (Fsp3) is 0.417. The number of hydrogen-bond donors (Lipinski definition) is 0. The highest BCUT2D eigenvalue weighted by Crippen LogP contribution is 2.22. The van der Waals surface area contributed by atoms with Crippen LogP contribution in [0.4, 0.5) is 11.4 Å². The van der Waals surface area contributed by atoms with E-state index in [2.05, 4.69) is 48.3 Å². The second kappa shape index (κ2) is 11.5. The number of nitrogens with zero attached hydrogens (tertiary/aromatic N) is 2. The molecule has 2 aromatic rings. The Balaban J connectivity index is 1.82. The maximum absolute atomic E-state index is 5.78. The molecule has 0 heterocycles. The van der Waals surface area contributed by atoms with Crippen LogP contribution in [0, 0.1) is 11.5 Å². The SMILES string of the molecule is CCCCCCCOc1ccc(N=Nc2ccc(C#C[Si](C)(C)C)cc2)cc1. The van der Waals surface area contributed by atoms with Crippen molar-refractivity contribution < 1.29 is 4.74 Å². The second-order valence-electron chi connectivity index (χ2n) is 8.00. The molecule has 0 aromatic heterocycles. The normalized spacial score (nSPS) is 11.3. The summed E-state index contributed by atoms with van der Waals surface area (Å²) in [7, 11) is -1.35. The average Bonchev–Trinajstić information content (AvgIpc) is 2.68. The van der Waals surface area contributed by atoms with Crippen LogP contribution in [0.25, 0.3) is 0 Å². The molecule has 0 saturated carbocycles. The topological polar surface area (TPSA) is 34.0 Å². The Kier molecular flexibility index (Phi) is 8.97. The lowest BCUT2D eigenvalue weighted by molar-refractivity contribution is 0.304. The van der Waals surface area contributed by atoms with Gasteiger partial charge in [-0.25, -0.2) is 0 Å². The van der Waals surface area contributed by atoms with Gasteiger partial charge in [0.05, 0.1) is 18.0 Å². The molecule has 4 heteroatoms.